The summed E-state index contributed by atoms with van der Waals surface area (Å²) >= 11 is 0. The summed E-state index contributed by atoms with van der Waals surface area (Å²) in [5, 5.41) is 3.49. The van der Waals surface area contributed by atoms with Gasteiger partial charge in [0.15, 0.2) is 5.82 Å². The molecular formula is C22H27N5. The van der Waals surface area contributed by atoms with Crippen LogP contribution in [0.5, 0.6) is 0 Å². The molecular weight excluding hydrogens is 334 g/mol. The standard InChI is InChI=1S/C22H27N5/c1-5-13-27(22-18(4)24-11-12-25-22)21-14-19(9-8-16(21)2)15-26-20-7-6-10-23-17(20)3/h6-12,14,26H,5,13,15H2,1-4H3. The number of nitrogens with one attached hydrogen (secondary N) is 1. The van der Waals surface area contributed by atoms with E-state index in [1.165, 1.54) is 16.8 Å². The predicted molar refractivity (Wildman–Crippen MR) is 112 cm³/mol. The highest BCUT2D eigenvalue weighted by molar-refractivity contribution is 5.66. The number of pyridine rings is 1. The highest BCUT2D eigenvalue weighted by Crippen LogP contribution is 2.30. The monoisotopic (exact) mass is 361 g/mol. The molecule has 2 heterocycles. The molecule has 0 aliphatic carbocycles. The van der Waals surface area contributed by atoms with E-state index in [0.29, 0.717) is 0 Å². The fourth-order valence-electron chi connectivity index (χ4n) is 3.15. The molecule has 0 aliphatic rings. The molecule has 140 valence electrons. The Kier molecular flexibility index (Phi) is 6.01. The number of aryl methyl sites for hydroxylation is 3. The minimum Gasteiger partial charge on any atom is -0.380 e. The molecule has 0 saturated heterocycles. The second-order valence-electron chi connectivity index (χ2n) is 6.73. The molecule has 0 spiro atoms. The average molecular weight is 361 g/mol. The van der Waals surface area contributed by atoms with Crippen LogP contribution in [0.25, 0.3) is 0 Å². The summed E-state index contributed by atoms with van der Waals surface area (Å²) in [6.07, 6.45) is 6.35. The van der Waals surface area contributed by atoms with Crippen LogP contribution in [0, 0.1) is 20.8 Å². The third kappa shape index (κ3) is 4.42. The summed E-state index contributed by atoms with van der Waals surface area (Å²) in [4.78, 5) is 15.6. The second kappa shape index (κ2) is 8.62. The van der Waals surface area contributed by atoms with Gasteiger partial charge in [0.25, 0.3) is 0 Å². The molecule has 3 rings (SSSR count). The number of benzene rings is 1. The summed E-state index contributed by atoms with van der Waals surface area (Å²) in [5.74, 6) is 0.927. The molecule has 27 heavy (non-hydrogen) atoms. The van der Waals surface area contributed by atoms with Gasteiger partial charge in [-0.3, -0.25) is 9.97 Å². The van der Waals surface area contributed by atoms with Gasteiger partial charge in [0.1, 0.15) is 0 Å². The van der Waals surface area contributed by atoms with Gasteiger partial charge < -0.3 is 10.2 Å². The molecule has 1 N–H and O–H groups in total. The third-order valence-electron chi connectivity index (χ3n) is 4.61. The number of hydrogen-bond acceptors (Lipinski definition) is 5. The third-order valence-corrected chi connectivity index (χ3v) is 4.61. The van der Waals surface area contributed by atoms with E-state index in [1.54, 1.807) is 12.4 Å². The molecule has 0 bridgehead atoms. The van der Waals surface area contributed by atoms with Crippen molar-refractivity contribution in [1.82, 2.24) is 15.0 Å². The van der Waals surface area contributed by atoms with Crippen LogP contribution in [0.4, 0.5) is 17.2 Å². The molecule has 2 aromatic heterocycles. The Morgan fingerprint density at radius 2 is 1.70 bits per heavy atom. The molecule has 3 aromatic rings. The van der Waals surface area contributed by atoms with Gasteiger partial charge in [-0.15, -0.1) is 0 Å². The lowest BCUT2D eigenvalue weighted by Crippen LogP contribution is -2.21. The maximum absolute atomic E-state index is 4.59. The molecule has 0 amide bonds. The number of nitrogens with zero attached hydrogens (tertiary/aromatic N) is 4. The van der Waals surface area contributed by atoms with E-state index in [1.807, 2.05) is 26.1 Å². The largest absolute Gasteiger partial charge is 0.380 e. The van der Waals surface area contributed by atoms with Crippen molar-refractivity contribution in [1.29, 1.82) is 0 Å². The quantitative estimate of drug-likeness (QED) is 0.645. The molecule has 0 saturated carbocycles. The smallest absolute Gasteiger partial charge is 0.154 e. The Labute approximate surface area is 161 Å². The van der Waals surface area contributed by atoms with E-state index in [0.717, 1.165) is 42.4 Å². The molecule has 0 aliphatic heterocycles. The van der Waals surface area contributed by atoms with Crippen LogP contribution in [-0.4, -0.2) is 21.5 Å². The molecule has 0 atom stereocenters. The molecule has 5 nitrogen and oxygen atoms in total. The van der Waals surface area contributed by atoms with E-state index in [4.69, 9.17) is 0 Å². The van der Waals surface area contributed by atoms with Crippen LogP contribution in [0.1, 0.15) is 35.9 Å². The van der Waals surface area contributed by atoms with Crippen molar-refractivity contribution in [3.63, 3.8) is 0 Å². The number of anilines is 3. The molecule has 1 aromatic carbocycles. The molecule has 0 unspecified atom stereocenters. The lowest BCUT2D eigenvalue weighted by Gasteiger charge is -2.26. The van der Waals surface area contributed by atoms with Gasteiger partial charge in [-0.05, 0) is 56.5 Å². The first-order chi connectivity index (χ1) is 13.1. The zero-order valence-electron chi connectivity index (χ0n) is 16.5. The Bertz CT molecular complexity index is 907. The van der Waals surface area contributed by atoms with E-state index >= 15 is 0 Å². The van der Waals surface area contributed by atoms with Crippen molar-refractivity contribution in [2.75, 3.05) is 16.8 Å². The average Bonchev–Trinajstić information content (AvgIpc) is 2.67. The van der Waals surface area contributed by atoms with Crippen molar-refractivity contribution in [3.8, 4) is 0 Å². The minimum absolute atomic E-state index is 0.749. The summed E-state index contributed by atoms with van der Waals surface area (Å²) in [6.45, 7) is 10.0. The fourth-order valence-corrected chi connectivity index (χ4v) is 3.15. The van der Waals surface area contributed by atoms with Crippen molar-refractivity contribution in [2.24, 2.45) is 0 Å². The normalized spacial score (nSPS) is 10.7. The highest BCUT2D eigenvalue weighted by atomic mass is 15.2. The van der Waals surface area contributed by atoms with Gasteiger partial charge >= 0.3 is 0 Å². The SMILES string of the molecule is CCCN(c1cc(CNc2cccnc2C)ccc1C)c1nccnc1C. The van der Waals surface area contributed by atoms with Crippen LogP contribution < -0.4 is 10.2 Å². The maximum Gasteiger partial charge on any atom is 0.154 e. The number of hydrogen-bond donors (Lipinski definition) is 1. The van der Waals surface area contributed by atoms with E-state index in [-0.39, 0.29) is 0 Å². The zero-order valence-corrected chi connectivity index (χ0v) is 16.5. The summed E-state index contributed by atoms with van der Waals surface area (Å²) < 4.78 is 0. The topological polar surface area (TPSA) is 53.9 Å². The number of aromatic nitrogens is 3. The lowest BCUT2D eigenvalue weighted by atomic mass is 10.1. The van der Waals surface area contributed by atoms with Crippen LogP contribution in [0.3, 0.4) is 0 Å². The Balaban J connectivity index is 1.89. The fraction of sp³-hybridized carbons (Fsp3) is 0.318. The summed E-state index contributed by atoms with van der Waals surface area (Å²) in [7, 11) is 0. The van der Waals surface area contributed by atoms with Crippen molar-refractivity contribution >= 4 is 17.2 Å². The van der Waals surface area contributed by atoms with Gasteiger partial charge in [-0.25, -0.2) is 4.98 Å². The van der Waals surface area contributed by atoms with Crippen molar-refractivity contribution < 1.29 is 0 Å². The first kappa shape index (κ1) is 18.8. The van der Waals surface area contributed by atoms with Crippen LogP contribution in [0.2, 0.25) is 0 Å². The second-order valence-corrected chi connectivity index (χ2v) is 6.73. The Morgan fingerprint density at radius 1 is 0.926 bits per heavy atom. The zero-order chi connectivity index (χ0) is 19.2. The molecule has 0 radical (unpaired) electrons. The van der Waals surface area contributed by atoms with Crippen LogP contribution >= 0.6 is 0 Å². The molecule has 5 heteroatoms. The van der Waals surface area contributed by atoms with Crippen molar-refractivity contribution in [2.45, 2.75) is 40.7 Å². The van der Waals surface area contributed by atoms with Gasteiger partial charge in [0, 0.05) is 37.4 Å². The van der Waals surface area contributed by atoms with Gasteiger partial charge in [0.2, 0.25) is 0 Å². The van der Waals surface area contributed by atoms with E-state index < -0.39 is 0 Å². The Hall–Kier alpha value is -2.95. The Morgan fingerprint density at radius 3 is 2.44 bits per heavy atom. The van der Waals surface area contributed by atoms with Gasteiger partial charge in [0.05, 0.1) is 17.1 Å². The van der Waals surface area contributed by atoms with Crippen LogP contribution in [-0.2, 0) is 6.54 Å². The first-order valence-electron chi connectivity index (χ1n) is 9.40. The number of rotatable bonds is 7. The van der Waals surface area contributed by atoms with Gasteiger partial charge in [-0.1, -0.05) is 19.1 Å². The van der Waals surface area contributed by atoms with E-state index in [2.05, 4.69) is 63.3 Å². The van der Waals surface area contributed by atoms with E-state index in [9.17, 15) is 0 Å². The minimum atomic E-state index is 0.749. The van der Waals surface area contributed by atoms with Crippen molar-refractivity contribution in [3.05, 3.63) is 71.4 Å². The lowest BCUT2D eigenvalue weighted by molar-refractivity contribution is 0.855. The summed E-state index contributed by atoms with van der Waals surface area (Å²) in [5.41, 5.74) is 6.65. The van der Waals surface area contributed by atoms with Crippen LogP contribution in [0.15, 0.2) is 48.9 Å². The predicted octanol–water partition coefficient (Wildman–Crippen LogP) is 4.96. The maximum atomic E-state index is 4.59. The summed E-state index contributed by atoms with van der Waals surface area (Å²) in [6, 6.07) is 10.6. The first-order valence-corrected chi connectivity index (χ1v) is 9.40. The van der Waals surface area contributed by atoms with Gasteiger partial charge in [-0.2, -0.15) is 0 Å². The highest BCUT2D eigenvalue weighted by Gasteiger charge is 2.15. The molecule has 0 fully saturated rings.